The van der Waals surface area contributed by atoms with E-state index in [1.54, 1.807) is 44.2 Å². The van der Waals surface area contributed by atoms with Crippen molar-refractivity contribution in [2.45, 2.75) is 32.9 Å². The first kappa shape index (κ1) is 22.9. The van der Waals surface area contributed by atoms with Gasteiger partial charge in [0, 0.05) is 11.3 Å². The van der Waals surface area contributed by atoms with E-state index < -0.39 is 29.9 Å². The van der Waals surface area contributed by atoms with Gasteiger partial charge in [0.2, 0.25) is 0 Å². The van der Waals surface area contributed by atoms with Gasteiger partial charge < -0.3 is 15.4 Å². The third-order valence-electron chi connectivity index (χ3n) is 4.26. The standard InChI is InChI=1S/C22H22ClN3O4/c1-13(2)19(26-21(28)15-7-5-4-6-8-15)22(29)30-14(3)20(27)25-17-10-9-16(12-24)18(23)11-17/h4-11,13-14,19H,1-3H3,(H,25,27)(H,26,28)/t14?,19-/m0/s1. The van der Waals surface area contributed by atoms with Gasteiger partial charge in [-0.05, 0) is 43.2 Å². The maximum atomic E-state index is 12.6. The van der Waals surface area contributed by atoms with Crippen molar-refractivity contribution in [3.63, 3.8) is 0 Å². The van der Waals surface area contributed by atoms with Crippen molar-refractivity contribution in [1.29, 1.82) is 5.26 Å². The van der Waals surface area contributed by atoms with Crippen LogP contribution in [0.2, 0.25) is 5.02 Å². The lowest BCUT2D eigenvalue weighted by Gasteiger charge is -2.23. The molecule has 0 aliphatic rings. The highest BCUT2D eigenvalue weighted by Gasteiger charge is 2.29. The maximum Gasteiger partial charge on any atom is 0.329 e. The van der Waals surface area contributed by atoms with Crippen molar-refractivity contribution < 1.29 is 19.1 Å². The van der Waals surface area contributed by atoms with Crippen LogP contribution in [-0.4, -0.2) is 29.9 Å². The van der Waals surface area contributed by atoms with E-state index >= 15 is 0 Å². The summed E-state index contributed by atoms with van der Waals surface area (Å²) < 4.78 is 5.27. The molecule has 0 aliphatic heterocycles. The summed E-state index contributed by atoms with van der Waals surface area (Å²) >= 11 is 5.95. The fourth-order valence-electron chi connectivity index (χ4n) is 2.54. The predicted octanol–water partition coefficient (Wildman–Crippen LogP) is 3.54. The van der Waals surface area contributed by atoms with E-state index in [0.717, 1.165) is 0 Å². The number of amides is 2. The molecule has 156 valence electrons. The maximum absolute atomic E-state index is 12.6. The zero-order valence-electron chi connectivity index (χ0n) is 16.8. The summed E-state index contributed by atoms with van der Waals surface area (Å²) in [5, 5.41) is 14.3. The van der Waals surface area contributed by atoms with Crippen molar-refractivity contribution in [2.24, 2.45) is 5.92 Å². The van der Waals surface area contributed by atoms with Gasteiger partial charge >= 0.3 is 5.97 Å². The van der Waals surface area contributed by atoms with Crippen LogP contribution in [0.4, 0.5) is 5.69 Å². The number of hydrogen-bond donors (Lipinski definition) is 2. The van der Waals surface area contributed by atoms with Gasteiger partial charge in [-0.25, -0.2) is 4.79 Å². The van der Waals surface area contributed by atoms with Gasteiger partial charge in [0.05, 0.1) is 10.6 Å². The van der Waals surface area contributed by atoms with Crippen molar-refractivity contribution >= 4 is 35.1 Å². The monoisotopic (exact) mass is 427 g/mol. The molecule has 0 spiro atoms. The molecule has 8 heteroatoms. The summed E-state index contributed by atoms with van der Waals surface area (Å²) in [6.07, 6.45) is -1.11. The van der Waals surface area contributed by atoms with Crippen molar-refractivity contribution in [1.82, 2.24) is 5.32 Å². The molecular weight excluding hydrogens is 406 g/mol. The average Bonchev–Trinajstić information content (AvgIpc) is 2.72. The second-order valence-electron chi connectivity index (χ2n) is 6.94. The lowest BCUT2D eigenvalue weighted by atomic mass is 10.0. The fraction of sp³-hybridized carbons (Fsp3) is 0.273. The van der Waals surface area contributed by atoms with Gasteiger partial charge in [-0.2, -0.15) is 5.26 Å². The molecule has 0 heterocycles. The molecule has 2 N–H and O–H groups in total. The molecule has 0 radical (unpaired) electrons. The molecule has 2 aromatic rings. The number of carbonyl (C=O) groups excluding carboxylic acids is 3. The molecule has 1 unspecified atom stereocenters. The third-order valence-corrected chi connectivity index (χ3v) is 4.58. The number of nitrogens with one attached hydrogen (secondary N) is 2. The molecule has 0 saturated heterocycles. The Kier molecular flexibility index (Phi) is 7.96. The van der Waals surface area contributed by atoms with Crippen LogP contribution in [0.1, 0.15) is 36.7 Å². The fourth-order valence-corrected chi connectivity index (χ4v) is 2.76. The smallest absolute Gasteiger partial charge is 0.329 e. The highest BCUT2D eigenvalue weighted by Crippen LogP contribution is 2.20. The first-order valence-electron chi connectivity index (χ1n) is 9.29. The topological polar surface area (TPSA) is 108 Å². The van der Waals surface area contributed by atoms with E-state index in [-0.39, 0.29) is 16.5 Å². The molecule has 2 aromatic carbocycles. The summed E-state index contributed by atoms with van der Waals surface area (Å²) in [7, 11) is 0. The predicted molar refractivity (Wildman–Crippen MR) is 113 cm³/mol. The number of carbonyl (C=O) groups is 3. The second kappa shape index (κ2) is 10.4. The van der Waals surface area contributed by atoms with E-state index in [9.17, 15) is 14.4 Å². The molecule has 7 nitrogen and oxygen atoms in total. The summed E-state index contributed by atoms with van der Waals surface area (Å²) in [6, 6.07) is 13.9. The lowest BCUT2D eigenvalue weighted by Crippen LogP contribution is -2.47. The Balaban J connectivity index is 2.00. The van der Waals surface area contributed by atoms with Crippen molar-refractivity contribution in [3.05, 3.63) is 64.7 Å². The Bertz CT molecular complexity index is 970. The third kappa shape index (κ3) is 6.06. The number of nitriles is 1. The lowest BCUT2D eigenvalue weighted by molar-refractivity contribution is -0.156. The second-order valence-corrected chi connectivity index (χ2v) is 7.34. The molecule has 0 bridgehead atoms. The molecule has 0 aromatic heterocycles. The molecule has 2 atom stereocenters. The first-order valence-corrected chi connectivity index (χ1v) is 9.67. The summed E-state index contributed by atoms with van der Waals surface area (Å²) in [5.41, 5.74) is 1.06. The minimum atomic E-state index is -1.11. The van der Waals surface area contributed by atoms with Gasteiger partial charge in [0.15, 0.2) is 6.10 Å². The van der Waals surface area contributed by atoms with Gasteiger partial charge in [-0.3, -0.25) is 9.59 Å². The summed E-state index contributed by atoms with van der Waals surface area (Å²) in [5.74, 6) is -1.94. The van der Waals surface area contributed by atoms with Crippen LogP contribution < -0.4 is 10.6 Å². The van der Waals surface area contributed by atoms with E-state index in [2.05, 4.69) is 10.6 Å². The molecule has 2 amide bonds. The van der Waals surface area contributed by atoms with Gasteiger partial charge in [0.25, 0.3) is 11.8 Å². The van der Waals surface area contributed by atoms with Crippen molar-refractivity contribution in [2.75, 3.05) is 5.32 Å². The van der Waals surface area contributed by atoms with Crippen LogP contribution in [0.5, 0.6) is 0 Å². The Labute approximate surface area is 180 Å². The van der Waals surface area contributed by atoms with E-state index in [0.29, 0.717) is 11.3 Å². The quantitative estimate of drug-likeness (QED) is 0.657. The number of rotatable bonds is 7. The normalized spacial score (nSPS) is 12.4. The number of ether oxygens (including phenoxy) is 1. The molecule has 0 saturated carbocycles. The highest BCUT2D eigenvalue weighted by molar-refractivity contribution is 6.32. The van der Waals surface area contributed by atoms with E-state index in [1.165, 1.54) is 25.1 Å². The largest absolute Gasteiger partial charge is 0.451 e. The summed E-state index contributed by atoms with van der Waals surface area (Å²) in [6.45, 7) is 4.95. The average molecular weight is 428 g/mol. The Morgan fingerprint density at radius 1 is 1.07 bits per heavy atom. The van der Waals surface area contributed by atoms with E-state index in [1.807, 2.05) is 6.07 Å². The summed E-state index contributed by atoms with van der Waals surface area (Å²) in [4.78, 5) is 37.3. The van der Waals surface area contributed by atoms with Gasteiger partial charge in [0.1, 0.15) is 12.1 Å². The van der Waals surface area contributed by atoms with Crippen molar-refractivity contribution in [3.8, 4) is 6.07 Å². The van der Waals surface area contributed by atoms with Crippen LogP contribution in [0.15, 0.2) is 48.5 Å². The van der Waals surface area contributed by atoms with Gasteiger partial charge in [-0.1, -0.05) is 43.6 Å². The number of esters is 1. The SMILES string of the molecule is CC(OC(=O)[C@@H](NC(=O)c1ccccc1)C(C)C)C(=O)Nc1ccc(C#N)c(Cl)c1. The molecule has 0 fully saturated rings. The number of nitrogens with zero attached hydrogens (tertiary/aromatic N) is 1. The van der Waals surface area contributed by atoms with Crippen LogP contribution in [0, 0.1) is 17.2 Å². The number of benzene rings is 2. The van der Waals surface area contributed by atoms with Crippen LogP contribution in [0.25, 0.3) is 0 Å². The number of hydrogen-bond acceptors (Lipinski definition) is 5. The Hall–Kier alpha value is -3.37. The van der Waals surface area contributed by atoms with Crippen LogP contribution in [0.3, 0.4) is 0 Å². The Morgan fingerprint density at radius 3 is 2.30 bits per heavy atom. The molecule has 0 aliphatic carbocycles. The first-order chi connectivity index (χ1) is 14.2. The minimum absolute atomic E-state index is 0.198. The van der Waals surface area contributed by atoms with E-state index in [4.69, 9.17) is 21.6 Å². The number of halogens is 1. The zero-order chi connectivity index (χ0) is 22.3. The molecule has 2 rings (SSSR count). The zero-order valence-corrected chi connectivity index (χ0v) is 17.6. The van der Waals surface area contributed by atoms with Gasteiger partial charge in [-0.15, -0.1) is 0 Å². The molecular formula is C22H22ClN3O4. The van der Waals surface area contributed by atoms with Crippen LogP contribution >= 0.6 is 11.6 Å². The molecule has 30 heavy (non-hydrogen) atoms. The number of anilines is 1. The Morgan fingerprint density at radius 2 is 1.73 bits per heavy atom. The van der Waals surface area contributed by atoms with Crippen LogP contribution in [-0.2, 0) is 14.3 Å². The highest BCUT2D eigenvalue weighted by atomic mass is 35.5. The minimum Gasteiger partial charge on any atom is -0.451 e.